The van der Waals surface area contributed by atoms with Crippen LogP contribution in [0.5, 0.6) is 5.75 Å². The molecule has 0 N–H and O–H groups in total. The predicted octanol–water partition coefficient (Wildman–Crippen LogP) is 4.37. The van der Waals surface area contributed by atoms with E-state index in [-0.39, 0.29) is 6.09 Å². The van der Waals surface area contributed by atoms with E-state index in [0.29, 0.717) is 23.9 Å². The molecule has 0 saturated carbocycles. The lowest BCUT2D eigenvalue weighted by atomic mass is 9.99. The summed E-state index contributed by atoms with van der Waals surface area (Å²) in [7, 11) is 1.60. The summed E-state index contributed by atoms with van der Waals surface area (Å²) in [6.07, 6.45) is 2.56. The lowest BCUT2D eigenvalue weighted by Gasteiger charge is -2.29. The smallest absolute Gasteiger partial charge is 0.410 e. The first kappa shape index (κ1) is 16.7. The zero-order valence-corrected chi connectivity index (χ0v) is 14.2. The highest BCUT2D eigenvalue weighted by molar-refractivity contribution is 6.32. The largest absolute Gasteiger partial charge is 0.495 e. The minimum absolute atomic E-state index is 0.268. The lowest BCUT2D eigenvalue weighted by molar-refractivity contribution is 0.0270. The van der Waals surface area contributed by atoms with Crippen molar-refractivity contribution in [2.75, 3.05) is 20.2 Å². The summed E-state index contributed by atoms with van der Waals surface area (Å²) in [6, 6.07) is 5.74. The molecule has 22 heavy (non-hydrogen) atoms. The van der Waals surface area contributed by atoms with Gasteiger partial charge in [0.2, 0.25) is 0 Å². The summed E-state index contributed by atoms with van der Waals surface area (Å²) >= 11 is 6.16. The minimum Gasteiger partial charge on any atom is -0.495 e. The second kappa shape index (κ2) is 6.61. The number of methoxy groups -OCH3 is 1. The van der Waals surface area contributed by atoms with Crippen LogP contribution in [-0.2, 0) is 4.74 Å². The van der Waals surface area contributed by atoms with Crippen molar-refractivity contribution in [1.29, 1.82) is 0 Å². The Kier molecular flexibility index (Phi) is 5.01. The second-order valence-electron chi connectivity index (χ2n) is 6.26. The van der Waals surface area contributed by atoms with E-state index in [1.807, 2.05) is 45.0 Å². The van der Waals surface area contributed by atoms with Crippen LogP contribution < -0.4 is 4.74 Å². The fraction of sp³-hybridized carbons (Fsp3) is 0.471. The number of halogens is 1. The van der Waals surface area contributed by atoms with Gasteiger partial charge in [0.25, 0.3) is 0 Å². The Bertz CT molecular complexity index is 590. The highest BCUT2D eigenvalue weighted by Crippen LogP contribution is 2.30. The van der Waals surface area contributed by atoms with Gasteiger partial charge in [0, 0.05) is 13.1 Å². The van der Waals surface area contributed by atoms with Gasteiger partial charge < -0.3 is 14.4 Å². The van der Waals surface area contributed by atoms with Crippen molar-refractivity contribution in [3.8, 4) is 5.75 Å². The maximum atomic E-state index is 12.0. The summed E-state index contributed by atoms with van der Waals surface area (Å²) in [4.78, 5) is 13.7. The summed E-state index contributed by atoms with van der Waals surface area (Å²) in [5.74, 6) is 0.664. The average Bonchev–Trinajstić information content (AvgIpc) is 2.45. The molecular weight excluding hydrogens is 302 g/mol. The molecule has 4 nitrogen and oxygen atoms in total. The first-order valence-corrected chi connectivity index (χ1v) is 7.69. The third-order valence-electron chi connectivity index (χ3n) is 3.38. The Hall–Kier alpha value is -1.68. The van der Waals surface area contributed by atoms with Gasteiger partial charge in [-0.25, -0.2) is 4.79 Å². The molecule has 2 rings (SSSR count). The van der Waals surface area contributed by atoms with Crippen molar-refractivity contribution in [1.82, 2.24) is 4.90 Å². The third-order valence-corrected chi connectivity index (χ3v) is 3.68. The Morgan fingerprint density at radius 3 is 2.55 bits per heavy atom. The van der Waals surface area contributed by atoms with Crippen LogP contribution in [0.15, 0.2) is 24.3 Å². The molecule has 120 valence electrons. The van der Waals surface area contributed by atoms with Crippen LogP contribution in [0.25, 0.3) is 5.57 Å². The number of rotatable bonds is 2. The minimum atomic E-state index is -0.468. The number of nitrogens with zero attached hydrogens (tertiary/aromatic N) is 1. The van der Waals surface area contributed by atoms with Gasteiger partial charge in [-0.05, 0) is 50.5 Å². The van der Waals surface area contributed by atoms with Gasteiger partial charge in [-0.2, -0.15) is 0 Å². The van der Waals surface area contributed by atoms with Gasteiger partial charge >= 0.3 is 6.09 Å². The first-order valence-electron chi connectivity index (χ1n) is 7.31. The predicted molar refractivity (Wildman–Crippen MR) is 88.4 cm³/mol. The molecule has 1 aliphatic heterocycles. The maximum absolute atomic E-state index is 12.0. The van der Waals surface area contributed by atoms with Gasteiger partial charge in [0.1, 0.15) is 11.4 Å². The number of benzene rings is 1. The number of hydrogen-bond donors (Lipinski definition) is 0. The molecule has 0 bridgehead atoms. The van der Waals surface area contributed by atoms with E-state index < -0.39 is 5.60 Å². The van der Waals surface area contributed by atoms with Crippen LogP contribution in [-0.4, -0.2) is 36.8 Å². The molecule has 0 aliphatic carbocycles. The quantitative estimate of drug-likeness (QED) is 0.811. The van der Waals surface area contributed by atoms with Crippen molar-refractivity contribution in [2.45, 2.75) is 32.8 Å². The highest BCUT2D eigenvalue weighted by Gasteiger charge is 2.23. The summed E-state index contributed by atoms with van der Waals surface area (Å²) < 4.78 is 10.5. The van der Waals surface area contributed by atoms with Crippen molar-refractivity contribution < 1.29 is 14.3 Å². The molecule has 0 spiro atoms. The van der Waals surface area contributed by atoms with Crippen molar-refractivity contribution in [3.63, 3.8) is 0 Å². The van der Waals surface area contributed by atoms with E-state index >= 15 is 0 Å². The van der Waals surface area contributed by atoms with E-state index in [1.54, 1.807) is 12.0 Å². The number of carbonyl (C=O) groups excluding carboxylic acids is 1. The van der Waals surface area contributed by atoms with Crippen molar-refractivity contribution in [3.05, 3.63) is 34.9 Å². The molecule has 1 aliphatic rings. The number of carbonyl (C=O) groups is 1. The lowest BCUT2D eigenvalue weighted by Crippen LogP contribution is -2.39. The van der Waals surface area contributed by atoms with Crippen LogP contribution in [0, 0.1) is 0 Å². The van der Waals surface area contributed by atoms with Crippen molar-refractivity contribution >= 4 is 23.3 Å². The molecule has 0 aromatic heterocycles. The van der Waals surface area contributed by atoms with Gasteiger partial charge in [-0.15, -0.1) is 0 Å². The van der Waals surface area contributed by atoms with Gasteiger partial charge in [0.15, 0.2) is 0 Å². The van der Waals surface area contributed by atoms with Crippen LogP contribution in [0.1, 0.15) is 32.8 Å². The van der Waals surface area contributed by atoms with E-state index in [0.717, 1.165) is 12.0 Å². The fourth-order valence-electron chi connectivity index (χ4n) is 2.29. The summed E-state index contributed by atoms with van der Waals surface area (Å²) in [5, 5.41) is 0.593. The van der Waals surface area contributed by atoms with Gasteiger partial charge in [-0.1, -0.05) is 23.7 Å². The van der Waals surface area contributed by atoms with Crippen LogP contribution in [0.2, 0.25) is 5.02 Å². The third kappa shape index (κ3) is 4.17. The Balaban J connectivity index is 2.05. The molecular formula is C17H22ClNO3. The second-order valence-corrected chi connectivity index (χ2v) is 6.66. The molecule has 1 amide bonds. The molecule has 1 aromatic rings. The number of amides is 1. The van der Waals surface area contributed by atoms with Gasteiger partial charge in [0.05, 0.1) is 12.1 Å². The Morgan fingerprint density at radius 1 is 1.32 bits per heavy atom. The molecule has 0 saturated heterocycles. The number of hydrogen-bond acceptors (Lipinski definition) is 3. The molecule has 0 fully saturated rings. The highest BCUT2D eigenvalue weighted by atomic mass is 35.5. The molecule has 5 heteroatoms. The van der Waals surface area contributed by atoms with E-state index in [4.69, 9.17) is 21.1 Å². The zero-order chi connectivity index (χ0) is 16.3. The average molecular weight is 324 g/mol. The first-order chi connectivity index (χ1) is 10.3. The van der Waals surface area contributed by atoms with Crippen LogP contribution in [0.3, 0.4) is 0 Å². The van der Waals surface area contributed by atoms with E-state index in [1.165, 1.54) is 5.57 Å². The SMILES string of the molecule is COc1ccc(C2=CCN(C(=O)OC(C)(C)C)CC2)cc1Cl. The van der Waals surface area contributed by atoms with Gasteiger partial charge in [-0.3, -0.25) is 0 Å². The normalized spacial score (nSPS) is 15.3. The Morgan fingerprint density at radius 2 is 2.05 bits per heavy atom. The van der Waals surface area contributed by atoms with Crippen LogP contribution in [0.4, 0.5) is 4.79 Å². The molecule has 0 atom stereocenters. The molecule has 0 unspecified atom stereocenters. The number of ether oxygens (including phenoxy) is 2. The monoisotopic (exact) mass is 323 g/mol. The zero-order valence-electron chi connectivity index (χ0n) is 13.5. The fourth-order valence-corrected chi connectivity index (χ4v) is 2.55. The molecule has 1 aromatic carbocycles. The maximum Gasteiger partial charge on any atom is 0.410 e. The van der Waals surface area contributed by atoms with E-state index in [2.05, 4.69) is 0 Å². The Labute approximate surface area is 136 Å². The van der Waals surface area contributed by atoms with E-state index in [9.17, 15) is 4.79 Å². The van der Waals surface area contributed by atoms with Crippen molar-refractivity contribution in [2.24, 2.45) is 0 Å². The summed E-state index contributed by atoms with van der Waals surface area (Å²) in [6.45, 7) is 6.80. The molecule has 0 radical (unpaired) electrons. The standard InChI is InChI=1S/C17H22ClNO3/c1-17(2,3)22-16(20)19-9-7-12(8-10-19)13-5-6-15(21-4)14(18)11-13/h5-7,11H,8-10H2,1-4H3. The topological polar surface area (TPSA) is 38.8 Å². The summed E-state index contributed by atoms with van der Waals surface area (Å²) in [5.41, 5.74) is 1.78. The molecule has 1 heterocycles. The van der Waals surface area contributed by atoms with Crippen LogP contribution >= 0.6 is 11.6 Å².